The van der Waals surface area contributed by atoms with E-state index in [1.54, 1.807) is 7.11 Å². The monoisotopic (exact) mass is 376 g/mol. The first-order valence-electron chi connectivity index (χ1n) is 7.03. The van der Waals surface area contributed by atoms with Crippen molar-refractivity contribution in [3.8, 4) is 5.75 Å². The fourth-order valence-electron chi connectivity index (χ4n) is 2.50. The molecule has 0 spiro atoms. The highest BCUT2D eigenvalue weighted by Crippen LogP contribution is 2.28. The Morgan fingerprint density at radius 1 is 1.43 bits per heavy atom. The summed E-state index contributed by atoms with van der Waals surface area (Å²) in [6.07, 6.45) is 3.88. The van der Waals surface area contributed by atoms with E-state index < -0.39 is 0 Å². The molecule has 1 aromatic rings. The molecule has 0 bridgehead atoms. The highest BCUT2D eigenvalue weighted by atomic mass is 79.9. The summed E-state index contributed by atoms with van der Waals surface area (Å²) in [5.41, 5.74) is 0.720. The number of carbonyl (C=O) groups excluding carboxylic acids is 1. The number of nitrogens with one attached hydrogen (secondary N) is 2. The third-order valence-electron chi connectivity index (χ3n) is 3.67. The Labute approximate surface area is 140 Å². The van der Waals surface area contributed by atoms with E-state index in [4.69, 9.17) is 4.74 Å². The van der Waals surface area contributed by atoms with Crippen molar-refractivity contribution in [2.24, 2.45) is 5.92 Å². The molecule has 2 rings (SSSR count). The number of rotatable bonds is 5. The van der Waals surface area contributed by atoms with Gasteiger partial charge in [-0.25, -0.2) is 0 Å². The maximum absolute atomic E-state index is 12.0. The number of hydrogen-bond donors (Lipinski definition) is 2. The third kappa shape index (κ3) is 5.85. The molecule has 6 heteroatoms. The highest BCUT2D eigenvalue weighted by molar-refractivity contribution is 9.10. The minimum atomic E-state index is 0. The van der Waals surface area contributed by atoms with Crippen LogP contribution in [-0.4, -0.2) is 26.1 Å². The second-order valence-corrected chi connectivity index (χ2v) is 6.04. The van der Waals surface area contributed by atoms with Crippen molar-refractivity contribution in [2.75, 3.05) is 25.5 Å². The van der Waals surface area contributed by atoms with Crippen LogP contribution in [0.1, 0.15) is 25.7 Å². The molecular weight excluding hydrogens is 356 g/mol. The number of carbonyl (C=O) groups is 1. The summed E-state index contributed by atoms with van der Waals surface area (Å²) in [6, 6.07) is 5.59. The van der Waals surface area contributed by atoms with E-state index in [1.165, 1.54) is 12.8 Å². The van der Waals surface area contributed by atoms with E-state index >= 15 is 0 Å². The number of hydrogen-bond acceptors (Lipinski definition) is 3. The molecule has 0 atom stereocenters. The number of anilines is 1. The van der Waals surface area contributed by atoms with E-state index in [0.717, 1.165) is 29.7 Å². The highest BCUT2D eigenvalue weighted by Gasteiger charge is 2.15. The molecule has 0 aromatic heterocycles. The summed E-state index contributed by atoms with van der Waals surface area (Å²) in [6.45, 7) is 2.15. The fourth-order valence-corrected chi connectivity index (χ4v) is 2.86. The summed E-state index contributed by atoms with van der Waals surface area (Å²) in [5, 5.41) is 6.27. The van der Waals surface area contributed by atoms with Crippen LogP contribution in [-0.2, 0) is 4.79 Å². The maximum atomic E-state index is 12.0. The maximum Gasteiger partial charge on any atom is 0.224 e. The van der Waals surface area contributed by atoms with Gasteiger partial charge < -0.3 is 15.4 Å². The zero-order chi connectivity index (χ0) is 14.4. The molecule has 0 unspecified atom stereocenters. The zero-order valence-electron chi connectivity index (χ0n) is 12.2. The Kier molecular flexibility index (Phi) is 8.07. The molecule has 1 amide bonds. The third-order valence-corrected chi connectivity index (χ3v) is 4.17. The van der Waals surface area contributed by atoms with Gasteiger partial charge in [-0.15, -0.1) is 12.4 Å². The molecule has 118 valence electrons. The number of ether oxygens (including phenoxy) is 1. The molecule has 0 saturated carbocycles. The van der Waals surface area contributed by atoms with E-state index in [2.05, 4.69) is 26.6 Å². The molecule has 2 N–H and O–H groups in total. The van der Waals surface area contributed by atoms with Gasteiger partial charge in [0.15, 0.2) is 0 Å². The average Bonchev–Trinajstić information content (AvgIpc) is 2.46. The molecule has 1 aliphatic heterocycles. The molecule has 0 aliphatic carbocycles. The summed E-state index contributed by atoms with van der Waals surface area (Å²) >= 11 is 3.40. The van der Waals surface area contributed by atoms with Crippen LogP contribution >= 0.6 is 28.3 Å². The van der Waals surface area contributed by atoms with Crippen molar-refractivity contribution in [3.05, 3.63) is 22.7 Å². The van der Waals surface area contributed by atoms with Gasteiger partial charge in [0, 0.05) is 10.9 Å². The lowest BCUT2D eigenvalue weighted by Gasteiger charge is -2.22. The largest absolute Gasteiger partial charge is 0.495 e. The number of benzene rings is 1. The summed E-state index contributed by atoms with van der Waals surface area (Å²) in [5.74, 6) is 1.41. The van der Waals surface area contributed by atoms with Gasteiger partial charge in [-0.05, 0) is 56.5 Å². The molecule has 4 nitrogen and oxygen atoms in total. The predicted octanol–water partition coefficient (Wildman–Crippen LogP) is 3.60. The van der Waals surface area contributed by atoms with Crippen molar-refractivity contribution in [2.45, 2.75) is 25.7 Å². The molecule has 1 heterocycles. The van der Waals surface area contributed by atoms with Gasteiger partial charge in [-0.3, -0.25) is 4.79 Å². The summed E-state index contributed by atoms with van der Waals surface area (Å²) in [4.78, 5) is 12.0. The Morgan fingerprint density at radius 3 is 2.81 bits per heavy atom. The lowest BCUT2D eigenvalue weighted by molar-refractivity contribution is -0.116. The molecule has 0 radical (unpaired) electrons. The summed E-state index contributed by atoms with van der Waals surface area (Å²) < 4.78 is 6.17. The number of amides is 1. The smallest absolute Gasteiger partial charge is 0.224 e. The van der Waals surface area contributed by atoms with Crippen molar-refractivity contribution in [1.29, 1.82) is 0 Å². The first kappa shape index (κ1) is 18.3. The van der Waals surface area contributed by atoms with E-state index in [9.17, 15) is 4.79 Å². The minimum absolute atomic E-state index is 0. The Hall–Kier alpha value is -0.780. The number of piperidine rings is 1. The Balaban J connectivity index is 0.00000220. The van der Waals surface area contributed by atoms with Crippen molar-refractivity contribution >= 4 is 39.9 Å². The van der Waals surface area contributed by atoms with Gasteiger partial charge in [0.2, 0.25) is 5.91 Å². The Bertz CT molecular complexity index is 465. The van der Waals surface area contributed by atoms with Crippen LogP contribution in [0.15, 0.2) is 22.7 Å². The zero-order valence-corrected chi connectivity index (χ0v) is 14.6. The van der Waals surface area contributed by atoms with Gasteiger partial charge in [0.1, 0.15) is 5.75 Å². The van der Waals surface area contributed by atoms with Gasteiger partial charge in [-0.2, -0.15) is 0 Å². The lowest BCUT2D eigenvalue weighted by atomic mass is 9.93. The van der Waals surface area contributed by atoms with E-state index in [1.807, 2.05) is 18.2 Å². The normalized spacial score (nSPS) is 15.1. The van der Waals surface area contributed by atoms with E-state index in [0.29, 0.717) is 18.1 Å². The Morgan fingerprint density at radius 2 is 2.14 bits per heavy atom. The number of halogens is 2. The molecule has 21 heavy (non-hydrogen) atoms. The SMILES string of the molecule is COc1ccc(Br)cc1NC(=O)CCC1CCNCC1.Cl. The van der Waals surface area contributed by atoms with Crippen molar-refractivity contribution in [3.63, 3.8) is 0 Å². The van der Waals surface area contributed by atoms with Gasteiger partial charge >= 0.3 is 0 Å². The predicted molar refractivity (Wildman–Crippen MR) is 91.4 cm³/mol. The molecule has 1 aromatic carbocycles. The second kappa shape index (κ2) is 9.28. The average molecular weight is 378 g/mol. The standard InChI is InChI=1S/C15H21BrN2O2.ClH/c1-20-14-4-3-12(16)10-13(14)18-15(19)5-2-11-6-8-17-9-7-11;/h3-4,10-11,17H,2,5-9H2,1H3,(H,18,19);1H. The molecule has 1 saturated heterocycles. The van der Waals surface area contributed by atoms with Crippen LogP contribution in [0.4, 0.5) is 5.69 Å². The van der Waals surface area contributed by atoms with Crippen LogP contribution < -0.4 is 15.4 Å². The topological polar surface area (TPSA) is 50.4 Å². The van der Waals surface area contributed by atoms with Gasteiger partial charge in [0.05, 0.1) is 12.8 Å². The van der Waals surface area contributed by atoms with Gasteiger partial charge in [-0.1, -0.05) is 15.9 Å². The number of methoxy groups -OCH3 is 1. The van der Waals surface area contributed by atoms with Gasteiger partial charge in [0.25, 0.3) is 0 Å². The van der Waals surface area contributed by atoms with Crippen LogP contribution in [0.3, 0.4) is 0 Å². The second-order valence-electron chi connectivity index (χ2n) is 5.12. The van der Waals surface area contributed by atoms with Crippen LogP contribution in [0.25, 0.3) is 0 Å². The molecule has 1 fully saturated rings. The van der Waals surface area contributed by atoms with Crippen LogP contribution in [0.5, 0.6) is 5.75 Å². The van der Waals surface area contributed by atoms with Crippen molar-refractivity contribution in [1.82, 2.24) is 5.32 Å². The quantitative estimate of drug-likeness (QED) is 0.824. The molecular formula is C15H22BrClN2O2. The van der Waals surface area contributed by atoms with E-state index in [-0.39, 0.29) is 18.3 Å². The molecule has 1 aliphatic rings. The van der Waals surface area contributed by atoms with Crippen molar-refractivity contribution < 1.29 is 9.53 Å². The summed E-state index contributed by atoms with van der Waals surface area (Å²) in [7, 11) is 1.61. The van der Waals surface area contributed by atoms with Crippen LogP contribution in [0, 0.1) is 5.92 Å². The first-order valence-corrected chi connectivity index (χ1v) is 7.82. The lowest BCUT2D eigenvalue weighted by Crippen LogP contribution is -2.28. The fraction of sp³-hybridized carbons (Fsp3) is 0.533. The van der Waals surface area contributed by atoms with Crippen LogP contribution in [0.2, 0.25) is 0 Å². The minimum Gasteiger partial charge on any atom is -0.495 e. The first-order chi connectivity index (χ1) is 9.69.